The fourth-order valence-electron chi connectivity index (χ4n) is 13.0. The van der Waals surface area contributed by atoms with Crippen molar-refractivity contribution in [3.05, 3.63) is 102 Å². The summed E-state index contributed by atoms with van der Waals surface area (Å²) in [5.41, 5.74) is 16.8. The Morgan fingerprint density at radius 3 is 1.77 bits per heavy atom. The molecule has 30 heteroatoms. The number of carbonyl (C=O) groups is 7. The van der Waals surface area contributed by atoms with E-state index >= 15 is 0 Å². The van der Waals surface area contributed by atoms with Crippen LogP contribution < -0.4 is 57.5 Å². The second-order valence-electron chi connectivity index (χ2n) is 25.3. The Balaban J connectivity index is 0.00000650. The Bertz CT molecular complexity index is 3290. The molecule has 7 amide bonds. The molecule has 0 unspecified atom stereocenters. The minimum absolute atomic E-state index is 0. The van der Waals surface area contributed by atoms with Crippen molar-refractivity contribution in [2.45, 2.75) is 138 Å². The van der Waals surface area contributed by atoms with Gasteiger partial charge in [-0.2, -0.15) is 0 Å². The van der Waals surface area contributed by atoms with Crippen LogP contribution in [0.4, 0.5) is 17.1 Å². The summed E-state index contributed by atoms with van der Waals surface area (Å²) < 4.78 is 11.4. The van der Waals surface area contributed by atoms with Crippen molar-refractivity contribution in [1.82, 2.24) is 36.4 Å². The molecule has 16 N–H and O–H groups in total. The summed E-state index contributed by atoms with van der Waals surface area (Å²) in [6.07, 6.45) is -11.4. The maximum absolute atomic E-state index is 14.7. The number of morpholine rings is 1. The van der Waals surface area contributed by atoms with E-state index in [1.54, 1.807) is 19.1 Å². The number of rotatable bonds is 16. The van der Waals surface area contributed by atoms with Gasteiger partial charge in [-0.15, -0.1) is 24.8 Å². The van der Waals surface area contributed by atoms with E-state index in [4.69, 9.17) is 20.9 Å². The summed E-state index contributed by atoms with van der Waals surface area (Å²) in [6.45, 7) is 10.3. The van der Waals surface area contributed by atoms with Gasteiger partial charge in [0.1, 0.15) is 42.9 Å². The fourth-order valence-corrected chi connectivity index (χ4v) is 13.0. The van der Waals surface area contributed by atoms with Crippen LogP contribution in [0, 0.1) is 5.92 Å². The van der Waals surface area contributed by atoms with Crippen LogP contribution in [0.3, 0.4) is 0 Å². The fraction of sp³-hybridized carbons (Fsp3) is 0.530. The number of phenolic OH excluding ortho intramolecular Hbond substituents is 1. The second-order valence-corrected chi connectivity index (χ2v) is 25.3. The van der Waals surface area contributed by atoms with Crippen LogP contribution >= 0.6 is 24.8 Å². The Hall–Kier alpha value is -7.61. The Kier molecular flexibility index (Phi) is 26.9. The molecule has 5 heterocycles. The molecule has 96 heavy (non-hydrogen) atoms. The number of aliphatic hydroxyl groups is 6. The molecule has 526 valence electrons. The SMILES string of the molecule is C[C@@H]1CN(c2ccc(N3CCN(c4ccc(-c5ccc(C(=O)N[C@H]6C[C@@H](O)CNC(=O)[C@@H]7[C@@H](O)[C@@H](C)CN7C(=O)[C@H]([C@H](O)CCN)NC(=O)[C@H]([C@H](O)Cc7ccc(O)c(OCCN)c7)NC(=O)[C@@H]7C[C@@H](O)CN7C(=O)[C@H]([C@@H](C)O)NC6=O)cc5)cc4)CC3)cc2)C[C@H](C)O1.Cl.Cl. The molecule has 0 saturated carbocycles. The molecule has 4 aromatic carbocycles. The number of aromatic hydroxyl groups is 1. The lowest BCUT2D eigenvalue weighted by Gasteiger charge is -2.38. The molecule has 0 spiro atoms. The van der Waals surface area contributed by atoms with E-state index in [2.05, 4.69) is 79.4 Å². The zero-order valence-corrected chi connectivity index (χ0v) is 55.8. The minimum Gasteiger partial charge on any atom is -0.504 e. The first-order valence-electron chi connectivity index (χ1n) is 32.2. The van der Waals surface area contributed by atoms with Crippen LogP contribution in [0.2, 0.25) is 0 Å². The van der Waals surface area contributed by atoms with Gasteiger partial charge in [0.25, 0.3) is 5.91 Å². The van der Waals surface area contributed by atoms with Gasteiger partial charge in [0.05, 0.1) is 48.8 Å². The molecule has 5 aliphatic heterocycles. The molecule has 15 atom stereocenters. The molecular weight excluding hydrogens is 1290 g/mol. The van der Waals surface area contributed by atoms with Gasteiger partial charge in [-0.25, -0.2) is 0 Å². The number of aliphatic hydroxyl groups excluding tert-OH is 6. The number of anilines is 3. The molecule has 0 aromatic heterocycles. The highest BCUT2D eigenvalue weighted by atomic mass is 35.5. The summed E-state index contributed by atoms with van der Waals surface area (Å²) in [6, 6.07) is 16.4. The summed E-state index contributed by atoms with van der Waals surface area (Å²) >= 11 is 0. The highest BCUT2D eigenvalue weighted by Gasteiger charge is 2.50. The van der Waals surface area contributed by atoms with E-state index < -0.39 is 152 Å². The monoisotopic (exact) mass is 1380 g/mol. The molecule has 9 rings (SSSR count). The van der Waals surface area contributed by atoms with Crippen LogP contribution in [0.5, 0.6) is 11.5 Å². The minimum atomic E-state index is -2.04. The zero-order valence-electron chi connectivity index (χ0n) is 54.1. The number of benzene rings is 4. The van der Waals surface area contributed by atoms with Crippen LogP contribution in [0.1, 0.15) is 62.9 Å². The first kappa shape index (κ1) is 75.8. The molecule has 0 radical (unpaired) electrons. The number of hydrogen-bond donors (Lipinski definition) is 14. The van der Waals surface area contributed by atoms with Crippen molar-refractivity contribution < 1.29 is 78.8 Å². The molecule has 4 aromatic rings. The third-order valence-corrected chi connectivity index (χ3v) is 18.0. The van der Waals surface area contributed by atoms with E-state index in [1.165, 1.54) is 48.6 Å². The molecule has 5 aliphatic rings. The number of hydrogen-bond acceptors (Lipinski definition) is 21. The molecule has 28 nitrogen and oxygen atoms in total. The van der Waals surface area contributed by atoms with E-state index in [9.17, 15) is 69.3 Å². The van der Waals surface area contributed by atoms with E-state index in [0.29, 0.717) is 0 Å². The van der Waals surface area contributed by atoms with E-state index in [-0.39, 0.29) is 92.3 Å². The zero-order chi connectivity index (χ0) is 67.7. The van der Waals surface area contributed by atoms with Crippen molar-refractivity contribution >= 4 is 83.2 Å². The van der Waals surface area contributed by atoms with Gasteiger partial charge in [-0.3, -0.25) is 33.6 Å². The Labute approximate surface area is 569 Å². The summed E-state index contributed by atoms with van der Waals surface area (Å²) in [5.74, 6) is -8.54. The smallest absolute Gasteiger partial charge is 0.251 e. The number of fused-ring (bicyclic) bond motifs is 2. The van der Waals surface area contributed by atoms with Crippen LogP contribution in [0.25, 0.3) is 11.1 Å². The highest BCUT2D eigenvalue weighted by molar-refractivity contribution is 6.00. The van der Waals surface area contributed by atoms with Crippen LogP contribution in [-0.2, 0) is 39.9 Å². The van der Waals surface area contributed by atoms with Crippen molar-refractivity contribution in [1.29, 1.82) is 0 Å². The number of piperazine rings is 1. The predicted molar refractivity (Wildman–Crippen MR) is 361 cm³/mol. The topological polar surface area (TPSA) is 408 Å². The van der Waals surface area contributed by atoms with Gasteiger partial charge in [0.15, 0.2) is 11.5 Å². The Morgan fingerprint density at radius 2 is 1.19 bits per heavy atom. The lowest BCUT2D eigenvalue weighted by Crippen LogP contribution is -2.64. The number of nitrogens with two attached hydrogens (primary N) is 2. The molecular formula is C66H92Cl2N12O16. The highest BCUT2D eigenvalue weighted by Crippen LogP contribution is 2.32. The van der Waals surface area contributed by atoms with Crippen molar-refractivity contribution in [3.8, 4) is 22.6 Å². The van der Waals surface area contributed by atoms with Crippen molar-refractivity contribution in [2.24, 2.45) is 17.4 Å². The van der Waals surface area contributed by atoms with E-state index in [1.807, 2.05) is 24.3 Å². The molecule has 5 saturated heterocycles. The number of halogens is 2. The van der Waals surface area contributed by atoms with Gasteiger partial charge >= 0.3 is 0 Å². The second kappa shape index (κ2) is 34.1. The average molecular weight is 1380 g/mol. The molecule has 0 bridgehead atoms. The van der Waals surface area contributed by atoms with E-state index in [0.717, 1.165) is 65.9 Å². The third-order valence-electron chi connectivity index (χ3n) is 18.0. The summed E-state index contributed by atoms with van der Waals surface area (Å²) in [4.78, 5) is 111. The number of nitrogens with zero attached hydrogens (tertiary/aromatic N) is 5. The first-order chi connectivity index (χ1) is 44.9. The number of ether oxygens (including phenoxy) is 2. The number of amides is 7. The number of β-amino-alcohol motifs (C(OH)–C–C–N with tert-alkyl or cyclic N) is 1. The standard InChI is InChI=1S/C66H90N12O16.2ClH/c1-36-32-78-58(59(36)85)64(90)69-31-47(80)29-49(70-60(86)43-8-6-41(7-9-43)42-10-12-44(13-11-42)74-22-24-75(25-23-74)45-14-16-46(17-15-45)76-33-37(2)94-38(3)34-76)61(87)71-55(39(4)79)65(91)77-35-48(81)30-50(77)62(88)72-56(63(89)73-57(66(78)92)52(83)19-20-67)53(84)27-40-5-18-51(82)54(28-40)93-26-21-68;;/h5-18,28,36-39,47-50,52-53,55-59,79-85H,19-27,29-35,67-68H2,1-4H3,(H,69,90)(H,70,86)(H,71,87)(H,72,88)(H,73,89);2*1H/t36-,37-,38+,39+,47+,48+,49-,50-,52+,53+,55-,56-,57-,58-,59-;;/m0../s1. The summed E-state index contributed by atoms with van der Waals surface area (Å²) in [7, 11) is 0. The average Bonchev–Trinajstić information content (AvgIpc) is 1.71. The van der Waals surface area contributed by atoms with Gasteiger partial charge in [0.2, 0.25) is 35.4 Å². The van der Waals surface area contributed by atoms with Crippen molar-refractivity contribution in [3.63, 3.8) is 0 Å². The quantitative estimate of drug-likeness (QED) is 0.0606. The Morgan fingerprint density at radius 1 is 0.635 bits per heavy atom. The maximum atomic E-state index is 14.7. The normalized spacial score (nSPS) is 27.4. The molecule has 0 aliphatic carbocycles. The molecule has 5 fully saturated rings. The van der Waals surface area contributed by atoms with Crippen molar-refractivity contribution in [2.75, 3.05) is 93.3 Å². The van der Waals surface area contributed by atoms with Crippen LogP contribution in [-0.4, -0.2) is 251 Å². The van der Waals surface area contributed by atoms with Gasteiger partial charge in [-0.1, -0.05) is 37.3 Å². The number of phenols is 1. The maximum Gasteiger partial charge on any atom is 0.251 e. The lowest BCUT2D eigenvalue weighted by atomic mass is 9.98. The summed E-state index contributed by atoms with van der Waals surface area (Å²) in [5, 5.41) is 91.6. The van der Waals surface area contributed by atoms with Crippen LogP contribution in [0.15, 0.2) is 91.0 Å². The predicted octanol–water partition coefficient (Wildman–Crippen LogP) is -1.52. The largest absolute Gasteiger partial charge is 0.504 e. The third kappa shape index (κ3) is 18.3. The van der Waals surface area contributed by atoms with Gasteiger partial charge in [-0.05, 0) is 111 Å². The lowest BCUT2D eigenvalue weighted by molar-refractivity contribution is -0.147. The van der Waals surface area contributed by atoms with Gasteiger partial charge < -0.3 is 108 Å². The first-order valence-corrected chi connectivity index (χ1v) is 32.2. The number of carbonyl (C=O) groups excluding carboxylic acids is 7. The number of nitrogens with one attached hydrogen (secondary N) is 5. The van der Waals surface area contributed by atoms with Gasteiger partial charge in [0, 0.05) is 113 Å².